The second-order valence-corrected chi connectivity index (χ2v) is 4.65. The summed E-state index contributed by atoms with van der Waals surface area (Å²) in [6, 6.07) is 8.01. The molecule has 0 aliphatic carbocycles. The molecule has 2 rings (SSSR count). The first kappa shape index (κ1) is 14.1. The average Bonchev–Trinajstić information content (AvgIpc) is 2.38. The van der Waals surface area contributed by atoms with Gasteiger partial charge in [0.1, 0.15) is 6.17 Å². The van der Waals surface area contributed by atoms with Gasteiger partial charge in [-0.25, -0.2) is 8.78 Å². The molecule has 19 heavy (non-hydrogen) atoms. The van der Waals surface area contributed by atoms with E-state index in [-0.39, 0.29) is 25.0 Å². The van der Waals surface area contributed by atoms with E-state index in [4.69, 9.17) is 9.47 Å². The summed E-state index contributed by atoms with van der Waals surface area (Å²) in [5.74, 6) is -3.32. The topological polar surface area (TPSA) is 35.5 Å². The SMILES string of the molecule is CC(F)(OC1CC(F)CCO1)C(=O)c1ccccc1. The van der Waals surface area contributed by atoms with Crippen LogP contribution in [0.4, 0.5) is 8.78 Å². The van der Waals surface area contributed by atoms with E-state index in [2.05, 4.69) is 0 Å². The van der Waals surface area contributed by atoms with Gasteiger partial charge in [-0.2, -0.15) is 0 Å². The third-order valence-electron chi connectivity index (χ3n) is 2.98. The summed E-state index contributed by atoms with van der Waals surface area (Å²) in [5.41, 5.74) is 0.208. The van der Waals surface area contributed by atoms with Crippen molar-refractivity contribution in [3.8, 4) is 0 Å². The normalized spacial score (nSPS) is 26.7. The van der Waals surface area contributed by atoms with Crippen LogP contribution in [0.15, 0.2) is 30.3 Å². The first-order chi connectivity index (χ1) is 8.99. The lowest BCUT2D eigenvalue weighted by molar-refractivity contribution is -0.248. The van der Waals surface area contributed by atoms with E-state index in [0.29, 0.717) is 0 Å². The summed E-state index contributed by atoms with van der Waals surface area (Å²) in [6.07, 6.45) is -1.88. The highest BCUT2D eigenvalue weighted by Crippen LogP contribution is 2.26. The maximum Gasteiger partial charge on any atom is 0.272 e. The average molecular weight is 270 g/mol. The number of halogens is 2. The van der Waals surface area contributed by atoms with E-state index in [9.17, 15) is 13.6 Å². The lowest BCUT2D eigenvalue weighted by Gasteiger charge is -2.30. The molecule has 1 saturated heterocycles. The number of Topliss-reactive ketones (excluding diaryl/α,β-unsaturated/α-hetero) is 1. The number of rotatable bonds is 4. The van der Waals surface area contributed by atoms with Crippen molar-refractivity contribution in [1.82, 2.24) is 0 Å². The van der Waals surface area contributed by atoms with Gasteiger partial charge in [-0.05, 0) is 0 Å². The van der Waals surface area contributed by atoms with Gasteiger partial charge >= 0.3 is 0 Å². The zero-order chi connectivity index (χ0) is 13.9. The minimum absolute atomic E-state index is 0.0540. The van der Waals surface area contributed by atoms with Crippen LogP contribution in [-0.2, 0) is 9.47 Å². The quantitative estimate of drug-likeness (QED) is 0.789. The van der Waals surface area contributed by atoms with Crippen LogP contribution in [-0.4, -0.2) is 30.7 Å². The molecular formula is C14H16F2O3. The van der Waals surface area contributed by atoms with Gasteiger partial charge in [-0.3, -0.25) is 4.79 Å². The number of alkyl halides is 2. The summed E-state index contributed by atoms with van der Waals surface area (Å²) in [7, 11) is 0. The van der Waals surface area contributed by atoms with Crippen molar-refractivity contribution in [2.24, 2.45) is 0 Å². The van der Waals surface area contributed by atoms with Crippen molar-refractivity contribution in [1.29, 1.82) is 0 Å². The van der Waals surface area contributed by atoms with Crippen molar-refractivity contribution < 1.29 is 23.0 Å². The van der Waals surface area contributed by atoms with Gasteiger partial charge in [0.15, 0.2) is 6.29 Å². The summed E-state index contributed by atoms with van der Waals surface area (Å²) < 4.78 is 37.6. The Bertz CT molecular complexity index is 434. The Balaban J connectivity index is 2.03. The second kappa shape index (κ2) is 5.75. The molecule has 3 unspecified atom stereocenters. The molecule has 0 aromatic heterocycles. The molecule has 1 aliphatic rings. The van der Waals surface area contributed by atoms with Gasteiger partial charge in [0.25, 0.3) is 5.85 Å². The smallest absolute Gasteiger partial charge is 0.272 e. The van der Waals surface area contributed by atoms with E-state index in [1.54, 1.807) is 18.2 Å². The van der Waals surface area contributed by atoms with E-state index in [1.165, 1.54) is 12.1 Å². The fourth-order valence-electron chi connectivity index (χ4n) is 1.95. The number of carbonyl (C=O) groups is 1. The van der Waals surface area contributed by atoms with Crippen LogP contribution < -0.4 is 0 Å². The predicted octanol–water partition coefficient (Wildman–Crippen LogP) is 3.05. The highest BCUT2D eigenvalue weighted by Gasteiger charge is 2.39. The van der Waals surface area contributed by atoms with Crippen LogP contribution in [0.5, 0.6) is 0 Å². The molecule has 0 amide bonds. The zero-order valence-electron chi connectivity index (χ0n) is 10.6. The van der Waals surface area contributed by atoms with E-state index in [1.807, 2.05) is 0 Å². The number of hydrogen-bond donors (Lipinski definition) is 0. The van der Waals surface area contributed by atoms with Gasteiger partial charge in [0, 0.05) is 25.3 Å². The molecule has 5 heteroatoms. The maximum atomic E-state index is 14.3. The Morgan fingerprint density at radius 1 is 1.42 bits per heavy atom. The van der Waals surface area contributed by atoms with Gasteiger partial charge < -0.3 is 9.47 Å². The molecular weight excluding hydrogens is 254 g/mol. The van der Waals surface area contributed by atoms with Crippen molar-refractivity contribution in [3.63, 3.8) is 0 Å². The van der Waals surface area contributed by atoms with Crippen LogP contribution in [0.3, 0.4) is 0 Å². The van der Waals surface area contributed by atoms with Crippen LogP contribution in [0, 0.1) is 0 Å². The Morgan fingerprint density at radius 2 is 2.11 bits per heavy atom. The molecule has 3 nitrogen and oxygen atoms in total. The number of ketones is 1. The molecule has 0 saturated carbocycles. The standard InChI is InChI=1S/C14H16F2O3/c1-14(16,13(17)10-5-3-2-4-6-10)19-12-9-11(15)7-8-18-12/h2-6,11-12H,7-9H2,1H3. The minimum atomic E-state index is -2.52. The summed E-state index contributed by atoms with van der Waals surface area (Å²) >= 11 is 0. The van der Waals surface area contributed by atoms with Gasteiger partial charge in [0.2, 0.25) is 5.78 Å². The largest absolute Gasteiger partial charge is 0.352 e. The third kappa shape index (κ3) is 3.58. The van der Waals surface area contributed by atoms with E-state index in [0.717, 1.165) is 6.92 Å². The monoisotopic (exact) mass is 270 g/mol. The molecule has 0 spiro atoms. The third-order valence-corrected chi connectivity index (χ3v) is 2.98. The first-order valence-corrected chi connectivity index (χ1v) is 6.21. The maximum absolute atomic E-state index is 14.3. The second-order valence-electron chi connectivity index (χ2n) is 4.65. The van der Waals surface area contributed by atoms with E-state index < -0.39 is 24.1 Å². The zero-order valence-corrected chi connectivity index (χ0v) is 10.6. The fraction of sp³-hybridized carbons (Fsp3) is 0.500. The van der Waals surface area contributed by atoms with Crippen molar-refractivity contribution in [3.05, 3.63) is 35.9 Å². The Kier molecular flexibility index (Phi) is 4.27. The molecule has 1 aromatic rings. The first-order valence-electron chi connectivity index (χ1n) is 6.21. The molecule has 1 aliphatic heterocycles. The van der Waals surface area contributed by atoms with Crippen LogP contribution >= 0.6 is 0 Å². The van der Waals surface area contributed by atoms with Crippen LogP contribution in [0.1, 0.15) is 30.1 Å². The van der Waals surface area contributed by atoms with Crippen molar-refractivity contribution in [2.75, 3.05) is 6.61 Å². The van der Waals surface area contributed by atoms with Gasteiger partial charge in [0.05, 0.1) is 6.61 Å². The predicted molar refractivity (Wildman–Crippen MR) is 65.2 cm³/mol. The van der Waals surface area contributed by atoms with Gasteiger partial charge in [-0.15, -0.1) is 0 Å². The fourth-order valence-corrected chi connectivity index (χ4v) is 1.95. The number of hydrogen-bond acceptors (Lipinski definition) is 3. The van der Waals surface area contributed by atoms with E-state index >= 15 is 0 Å². The molecule has 1 heterocycles. The molecule has 3 atom stereocenters. The van der Waals surface area contributed by atoms with Crippen molar-refractivity contribution in [2.45, 2.75) is 38.1 Å². The molecule has 0 bridgehead atoms. The summed E-state index contributed by atoms with van der Waals surface area (Å²) in [5, 5.41) is 0. The van der Waals surface area contributed by atoms with Crippen LogP contribution in [0.2, 0.25) is 0 Å². The number of ether oxygens (including phenoxy) is 2. The van der Waals surface area contributed by atoms with Crippen LogP contribution in [0.25, 0.3) is 0 Å². The Morgan fingerprint density at radius 3 is 2.74 bits per heavy atom. The summed E-state index contributed by atoms with van der Waals surface area (Å²) in [4.78, 5) is 12.0. The Hall–Kier alpha value is -1.33. The van der Waals surface area contributed by atoms with Gasteiger partial charge in [-0.1, -0.05) is 30.3 Å². The van der Waals surface area contributed by atoms with Crippen molar-refractivity contribution >= 4 is 5.78 Å². The lowest BCUT2D eigenvalue weighted by atomic mass is 10.1. The Labute approximate surface area is 110 Å². The molecule has 0 N–H and O–H groups in total. The molecule has 104 valence electrons. The lowest BCUT2D eigenvalue weighted by Crippen LogP contribution is -2.41. The highest BCUT2D eigenvalue weighted by molar-refractivity contribution is 6.01. The minimum Gasteiger partial charge on any atom is -0.352 e. The number of benzene rings is 1. The summed E-state index contributed by atoms with van der Waals surface area (Å²) in [6.45, 7) is 1.19. The molecule has 1 fully saturated rings. The highest BCUT2D eigenvalue weighted by atomic mass is 19.2. The number of carbonyl (C=O) groups excluding carboxylic acids is 1. The molecule has 1 aromatic carbocycles. The molecule has 0 radical (unpaired) electrons.